The Morgan fingerprint density at radius 2 is 2.00 bits per heavy atom. The second-order valence-electron chi connectivity index (χ2n) is 5.43. The van der Waals surface area contributed by atoms with E-state index in [1.807, 2.05) is 25.1 Å². The molecule has 0 radical (unpaired) electrons. The Hall–Kier alpha value is -1.72. The molecule has 3 nitrogen and oxygen atoms in total. The minimum Gasteiger partial charge on any atom is -0.300 e. The predicted molar refractivity (Wildman–Crippen MR) is 98.2 cm³/mol. The quantitative estimate of drug-likeness (QED) is 0.354. The average Bonchev–Trinajstić information content (AvgIpc) is 2.96. The molecular formula is C18H18N2OS2. The van der Waals surface area contributed by atoms with Gasteiger partial charge in [-0.1, -0.05) is 30.3 Å². The van der Waals surface area contributed by atoms with E-state index in [2.05, 4.69) is 28.2 Å². The maximum atomic E-state index is 11.0. The Kier molecular flexibility index (Phi) is 5.08. The second-order valence-corrected chi connectivity index (χ2v) is 7.54. The lowest BCUT2D eigenvalue weighted by molar-refractivity contribution is -0.117. The Morgan fingerprint density at radius 3 is 2.74 bits per heavy atom. The zero-order chi connectivity index (χ0) is 16.2. The second kappa shape index (κ2) is 7.23. The molecule has 0 saturated heterocycles. The highest BCUT2D eigenvalue weighted by Crippen LogP contribution is 2.36. The van der Waals surface area contributed by atoms with Crippen LogP contribution in [0.2, 0.25) is 0 Å². The molecule has 23 heavy (non-hydrogen) atoms. The number of benzene rings is 1. The number of thioether (sulfide) groups is 1. The van der Waals surface area contributed by atoms with Crippen molar-refractivity contribution in [3.05, 3.63) is 42.2 Å². The van der Waals surface area contributed by atoms with Gasteiger partial charge in [0.1, 0.15) is 21.5 Å². The van der Waals surface area contributed by atoms with Gasteiger partial charge >= 0.3 is 0 Å². The van der Waals surface area contributed by atoms with E-state index in [1.165, 1.54) is 10.4 Å². The van der Waals surface area contributed by atoms with E-state index in [4.69, 9.17) is 0 Å². The van der Waals surface area contributed by atoms with Crippen LogP contribution in [0.3, 0.4) is 0 Å². The molecular weight excluding hydrogens is 324 g/mol. The lowest BCUT2D eigenvalue weighted by Gasteiger charge is -2.03. The Bertz CT molecular complexity index is 828. The topological polar surface area (TPSA) is 42.9 Å². The maximum Gasteiger partial charge on any atom is 0.129 e. The highest BCUT2D eigenvalue weighted by molar-refractivity contribution is 7.99. The number of carbonyl (C=O) groups excluding carboxylic acids is 1. The van der Waals surface area contributed by atoms with E-state index >= 15 is 0 Å². The summed E-state index contributed by atoms with van der Waals surface area (Å²) in [6, 6.07) is 12.5. The molecule has 5 heteroatoms. The van der Waals surface area contributed by atoms with Crippen molar-refractivity contribution in [1.29, 1.82) is 0 Å². The number of hydrogen-bond donors (Lipinski definition) is 0. The first kappa shape index (κ1) is 16.1. The van der Waals surface area contributed by atoms with Crippen LogP contribution in [0.4, 0.5) is 0 Å². The van der Waals surface area contributed by atoms with Crippen LogP contribution >= 0.6 is 23.1 Å². The van der Waals surface area contributed by atoms with E-state index in [-0.39, 0.29) is 5.78 Å². The van der Waals surface area contributed by atoms with Gasteiger partial charge in [0.15, 0.2) is 0 Å². The largest absolute Gasteiger partial charge is 0.300 e. The summed E-state index contributed by atoms with van der Waals surface area (Å²) >= 11 is 3.42. The molecule has 2 aromatic heterocycles. The molecule has 0 amide bonds. The van der Waals surface area contributed by atoms with Gasteiger partial charge < -0.3 is 4.79 Å². The van der Waals surface area contributed by atoms with Gasteiger partial charge in [-0.05, 0) is 37.7 Å². The monoisotopic (exact) mass is 342 g/mol. The first-order chi connectivity index (χ1) is 11.1. The third kappa shape index (κ3) is 3.98. The standard InChI is InChI=1S/C18H18N2OS2/c1-12(21)7-6-10-22-17-15-11-16(14-8-4-3-5-9-14)23-18(15)20-13(2)19-17/h3-5,8-9,11H,6-7,10H2,1-2H3. The normalized spacial score (nSPS) is 11.0. The molecule has 0 saturated carbocycles. The minimum atomic E-state index is 0.247. The zero-order valence-electron chi connectivity index (χ0n) is 13.2. The molecule has 0 aliphatic heterocycles. The number of hydrogen-bond acceptors (Lipinski definition) is 5. The summed E-state index contributed by atoms with van der Waals surface area (Å²) in [6.07, 6.45) is 1.53. The predicted octanol–water partition coefficient (Wildman–Crippen LogP) is 5.13. The van der Waals surface area contributed by atoms with E-state index in [9.17, 15) is 4.79 Å². The fourth-order valence-electron chi connectivity index (χ4n) is 2.34. The SMILES string of the molecule is CC(=O)CCCSc1nc(C)nc2sc(-c3ccccc3)cc12. The van der Waals surface area contributed by atoms with Crippen molar-refractivity contribution < 1.29 is 4.79 Å². The number of nitrogens with zero attached hydrogens (tertiary/aromatic N) is 2. The molecule has 1 aromatic carbocycles. The third-order valence-corrected chi connectivity index (χ3v) is 5.60. The molecule has 0 fully saturated rings. The summed E-state index contributed by atoms with van der Waals surface area (Å²) in [5.41, 5.74) is 1.21. The molecule has 0 spiro atoms. The zero-order valence-corrected chi connectivity index (χ0v) is 14.8. The number of aromatic nitrogens is 2. The molecule has 0 unspecified atom stereocenters. The lowest BCUT2D eigenvalue weighted by Crippen LogP contribution is -1.93. The number of rotatable bonds is 6. The van der Waals surface area contributed by atoms with Gasteiger partial charge in [0, 0.05) is 16.7 Å². The number of fused-ring (bicyclic) bond motifs is 1. The minimum absolute atomic E-state index is 0.247. The highest BCUT2D eigenvalue weighted by Gasteiger charge is 2.12. The first-order valence-corrected chi connectivity index (χ1v) is 9.39. The van der Waals surface area contributed by atoms with Crippen molar-refractivity contribution in [1.82, 2.24) is 9.97 Å². The van der Waals surface area contributed by atoms with Crippen LogP contribution in [0, 0.1) is 6.92 Å². The lowest BCUT2D eigenvalue weighted by atomic mass is 10.2. The van der Waals surface area contributed by atoms with Crippen molar-refractivity contribution in [2.45, 2.75) is 31.7 Å². The first-order valence-electron chi connectivity index (χ1n) is 7.59. The smallest absolute Gasteiger partial charge is 0.129 e. The molecule has 0 aliphatic carbocycles. The van der Waals surface area contributed by atoms with Crippen LogP contribution in [0.1, 0.15) is 25.6 Å². The van der Waals surface area contributed by atoms with Crippen LogP contribution in [-0.4, -0.2) is 21.5 Å². The third-order valence-electron chi connectivity index (χ3n) is 3.44. The van der Waals surface area contributed by atoms with Gasteiger partial charge in [-0.25, -0.2) is 9.97 Å². The van der Waals surface area contributed by atoms with Crippen molar-refractivity contribution in [2.24, 2.45) is 0 Å². The van der Waals surface area contributed by atoms with Crippen LogP contribution in [0.25, 0.3) is 20.7 Å². The summed E-state index contributed by atoms with van der Waals surface area (Å²) in [4.78, 5) is 22.5. The number of aryl methyl sites for hydroxylation is 1. The summed E-state index contributed by atoms with van der Waals surface area (Å²) in [7, 11) is 0. The number of carbonyl (C=O) groups is 1. The number of Topliss-reactive ketones (excluding diaryl/α,β-unsaturated/α-hetero) is 1. The fourth-order valence-corrected chi connectivity index (χ4v) is 4.48. The van der Waals surface area contributed by atoms with Crippen molar-refractivity contribution in [3.8, 4) is 10.4 Å². The van der Waals surface area contributed by atoms with Crippen LogP contribution < -0.4 is 0 Å². The molecule has 2 heterocycles. The van der Waals surface area contributed by atoms with Gasteiger partial charge in [-0.2, -0.15) is 0 Å². The van der Waals surface area contributed by atoms with E-state index in [0.29, 0.717) is 6.42 Å². The van der Waals surface area contributed by atoms with Gasteiger partial charge in [0.25, 0.3) is 0 Å². The van der Waals surface area contributed by atoms with Crippen LogP contribution in [-0.2, 0) is 4.79 Å². The molecule has 0 N–H and O–H groups in total. The molecule has 3 rings (SSSR count). The Balaban J connectivity index is 1.88. The summed E-state index contributed by atoms with van der Waals surface area (Å²) in [5.74, 6) is 1.95. The fraction of sp³-hybridized carbons (Fsp3) is 0.278. The van der Waals surface area contributed by atoms with Gasteiger partial charge in [0.2, 0.25) is 0 Å². The highest BCUT2D eigenvalue weighted by atomic mass is 32.2. The van der Waals surface area contributed by atoms with Crippen molar-refractivity contribution in [3.63, 3.8) is 0 Å². The van der Waals surface area contributed by atoms with Gasteiger partial charge in [-0.3, -0.25) is 0 Å². The van der Waals surface area contributed by atoms with E-state index in [0.717, 1.165) is 33.2 Å². The van der Waals surface area contributed by atoms with Crippen LogP contribution in [0.15, 0.2) is 41.4 Å². The van der Waals surface area contributed by atoms with Crippen LogP contribution in [0.5, 0.6) is 0 Å². The molecule has 118 valence electrons. The number of thiophene rings is 1. The number of ketones is 1. The Labute approximate surface area is 144 Å². The molecule has 0 aliphatic rings. The van der Waals surface area contributed by atoms with Gasteiger partial charge in [0.05, 0.1) is 0 Å². The maximum absolute atomic E-state index is 11.0. The van der Waals surface area contributed by atoms with E-state index in [1.54, 1.807) is 30.0 Å². The average molecular weight is 342 g/mol. The van der Waals surface area contributed by atoms with Crippen molar-refractivity contribution in [2.75, 3.05) is 5.75 Å². The molecule has 0 bridgehead atoms. The Morgan fingerprint density at radius 1 is 1.22 bits per heavy atom. The van der Waals surface area contributed by atoms with Gasteiger partial charge in [-0.15, -0.1) is 23.1 Å². The summed E-state index contributed by atoms with van der Waals surface area (Å²) in [5, 5.41) is 2.14. The van der Waals surface area contributed by atoms with Crippen molar-refractivity contribution >= 4 is 39.1 Å². The summed E-state index contributed by atoms with van der Waals surface area (Å²) < 4.78 is 0. The molecule has 0 atom stereocenters. The molecule has 3 aromatic rings. The summed E-state index contributed by atoms with van der Waals surface area (Å²) in [6.45, 7) is 3.57. The van der Waals surface area contributed by atoms with E-state index < -0.39 is 0 Å².